The Kier molecular flexibility index (Phi) is 6.02. The van der Waals surface area contributed by atoms with Gasteiger partial charge in [-0.05, 0) is 87.6 Å². The third-order valence-electron chi connectivity index (χ3n) is 7.43. The van der Waals surface area contributed by atoms with E-state index >= 15 is 0 Å². The van der Waals surface area contributed by atoms with Gasteiger partial charge in [-0.15, -0.1) is 0 Å². The Labute approximate surface area is 210 Å². The van der Waals surface area contributed by atoms with Crippen LogP contribution in [0.4, 0.5) is 11.4 Å². The number of imide groups is 1. The molecular weight excluding hydrogens is 456 g/mol. The van der Waals surface area contributed by atoms with Gasteiger partial charge in [0.15, 0.2) is 0 Å². The molecule has 0 N–H and O–H groups in total. The molecule has 2 aliphatic heterocycles. The molecule has 1 aliphatic carbocycles. The van der Waals surface area contributed by atoms with Crippen LogP contribution in [-0.4, -0.2) is 30.2 Å². The Bertz CT molecular complexity index is 1310. The zero-order valence-electron chi connectivity index (χ0n) is 21.0. The summed E-state index contributed by atoms with van der Waals surface area (Å²) in [6.07, 6.45) is 3.33. The van der Waals surface area contributed by atoms with Crippen molar-refractivity contribution in [2.24, 2.45) is 17.8 Å². The molecule has 186 valence electrons. The molecule has 36 heavy (non-hydrogen) atoms. The smallest absolute Gasteiger partial charge is 0.316 e. The molecule has 3 aliphatic rings. The lowest BCUT2D eigenvalue weighted by molar-refractivity contribution is -0.139. The number of rotatable bonds is 4. The summed E-state index contributed by atoms with van der Waals surface area (Å²) in [5.41, 5.74) is 5.23. The van der Waals surface area contributed by atoms with Crippen molar-refractivity contribution in [1.29, 1.82) is 0 Å². The van der Waals surface area contributed by atoms with E-state index in [0.29, 0.717) is 29.8 Å². The quantitative estimate of drug-likeness (QED) is 0.277. The second-order valence-corrected chi connectivity index (χ2v) is 10.3. The van der Waals surface area contributed by atoms with Crippen molar-refractivity contribution in [3.63, 3.8) is 0 Å². The topological polar surface area (TPSA) is 84.0 Å². The van der Waals surface area contributed by atoms with Crippen LogP contribution in [0.15, 0.2) is 48.0 Å². The Morgan fingerprint density at radius 3 is 2.28 bits per heavy atom. The van der Waals surface area contributed by atoms with Gasteiger partial charge in [0.25, 0.3) is 0 Å². The Morgan fingerprint density at radius 1 is 0.889 bits per heavy atom. The lowest BCUT2D eigenvalue weighted by atomic mass is 9.82. The van der Waals surface area contributed by atoms with Gasteiger partial charge >= 0.3 is 5.97 Å². The van der Waals surface area contributed by atoms with E-state index in [0.717, 1.165) is 22.4 Å². The number of aryl methyl sites for hydroxylation is 3. The summed E-state index contributed by atoms with van der Waals surface area (Å²) >= 11 is 0. The summed E-state index contributed by atoms with van der Waals surface area (Å²) < 4.78 is 5.62. The van der Waals surface area contributed by atoms with Gasteiger partial charge in [-0.1, -0.05) is 17.7 Å². The minimum Gasteiger partial charge on any atom is -0.426 e. The standard InChI is InChI=1S/C29H30N2O5/c1-16-5-7-23-24(12-16)28(34)31(27(23)33)25-8-6-22(13-19(25)4)36-29(35)20-14-26(32)30(15-20)21-10-17(2)9-18(3)11-21/h5-6,8-11,13,20,23-24H,7,12,14-15H2,1-4H3/t20-,23-,24-/m0/s1. The first-order valence-electron chi connectivity index (χ1n) is 12.4. The first-order chi connectivity index (χ1) is 17.1. The van der Waals surface area contributed by atoms with E-state index in [1.807, 2.05) is 45.0 Å². The number of carbonyl (C=O) groups excluding carboxylic acids is 4. The summed E-state index contributed by atoms with van der Waals surface area (Å²) in [5, 5.41) is 0. The highest BCUT2D eigenvalue weighted by Crippen LogP contribution is 2.41. The molecule has 5 rings (SSSR count). The monoisotopic (exact) mass is 486 g/mol. The summed E-state index contributed by atoms with van der Waals surface area (Å²) in [5.74, 6) is -1.77. The molecule has 3 atom stereocenters. The number of esters is 1. The highest BCUT2D eigenvalue weighted by Gasteiger charge is 2.49. The molecular formula is C29H30N2O5. The maximum Gasteiger partial charge on any atom is 0.316 e. The van der Waals surface area contributed by atoms with Crippen molar-refractivity contribution in [3.05, 3.63) is 64.7 Å². The van der Waals surface area contributed by atoms with Crippen LogP contribution in [-0.2, 0) is 19.2 Å². The number of anilines is 2. The van der Waals surface area contributed by atoms with Crippen molar-refractivity contribution in [2.75, 3.05) is 16.3 Å². The maximum atomic E-state index is 13.1. The fourth-order valence-corrected chi connectivity index (χ4v) is 5.64. The predicted octanol–water partition coefficient (Wildman–Crippen LogP) is 4.42. The Morgan fingerprint density at radius 2 is 1.58 bits per heavy atom. The molecule has 7 nitrogen and oxygen atoms in total. The van der Waals surface area contributed by atoms with Crippen LogP contribution >= 0.6 is 0 Å². The van der Waals surface area contributed by atoms with Crippen molar-refractivity contribution < 1.29 is 23.9 Å². The predicted molar refractivity (Wildman–Crippen MR) is 136 cm³/mol. The first kappa shape index (κ1) is 24.0. The molecule has 0 unspecified atom stereocenters. The summed E-state index contributed by atoms with van der Waals surface area (Å²) in [7, 11) is 0. The third kappa shape index (κ3) is 4.23. The SMILES string of the molecule is CC1=CC[C@@H]2C(=O)N(c3ccc(OC(=O)[C@H]4CC(=O)N(c5cc(C)cc(C)c5)C4)cc3C)C(=O)[C@H]2C1. The number of hydrogen-bond donors (Lipinski definition) is 0. The molecule has 2 heterocycles. The zero-order chi connectivity index (χ0) is 25.7. The van der Waals surface area contributed by atoms with Gasteiger partial charge in [-0.2, -0.15) is 0 Å². The molecule has 0 saturated carbocycles. The van der Waals surface area contributed by atoms with Crippen molar-refractivity contribution >= 4 is 35.1 Å². The minimum atomic E-state index is -0.570. The maximum absolute atomic E-state index is 13.1. The molecule has 2 aromatic rings. The molecule has 2 aromatic carbocycles. The zero-order valence-corrected chi connectivity index (χ0v) is 21.0. The molecule has 0 radical (unpaired) electrons. The average molecular weight is 487 g/mol. The minimum absolute atomic E-state index is 0.0932. The summed E-state index contributed by atoms with van der Waals surface area (Å²) in [6, 6.07) is 10.8. The van der Waals surface area contributed by atoms with Crippen LogP contribution < -0.4 is 14.5 Å². The van der Waals surface area contributed by atoms with E-state index in [1.54, 1.807) is 30.0 Å². The number of fused-ring (bicyclic) bond motifs is 1. The lowest BCUT2D eigenvalue weighted by Crippen LogP contribution is -2.31. The second-order valence-electron chi connectivity index (χ2n) is 10.3. The van der Waals surface area contributed by atoms with Gasteiger partial charge in [-0.25, -0.2) is 4.90 Å². The number of ether oxygens (including phenoxy) is 1. The normalized spacial score (nSPS) is 23.7. The van der Waals surface area contributed by atoms with Crippen LogP contribution in [0.2, 0.25) is 0 Å². The van der Waals surface area contributed by atoms with Gasteiger partial charge in [0.1, 0.15) is 5.75 Å². The molecule has 0 bridgehead atoms. The van der Waals surface area contributed by atoms with Crippen LogP contribution in [0.3, 0.4) is 0 Å². The average Bonchev–Trinajstić information content (AvgIpc) is 3.31. The van der Waals surface area contributed by atoms with E-state index in [4.69, 9.17) is 4.74 Å². The van der Waals surface area contributed by atoms with E-state index in [1.165, 1.54) is 4.90 Å². The van der Waals surface area contributed by atoms with Gasteiger partial charge < -0.3 is 9.64 Å². The highest BCUT2D eigenvalue weighted by molar-refractivity contribution is 6.22. The highest BCUT2D eigenvalue weighted by atomic mass is 16.5. The number of hydrogen-bond acceptors (Lipinski definition) is 5. The molecule has 3 amide bonds. The van der Waals surface area contributed by atoms with Crippen LogP contribution in [0.1, 0.15) is 42.9 Å². The number of benzene rings is 2. The Balaban J connectivity index is 1.28. The summed E-state index contributed by atoms with van der Waals surface area (Å²) in [4.78, 5) is 54.6. The molecule has 0 spiro atoms. The van der Waals surface area contributed by atoms with E-state index in [9.17, 15) is 19.2 Å². The lowest BCUT2D eigenvalue weighted by Gasteiger charge is -2.19. The van der Waals surface area contributed by atoms with Crippen molar-refractivity contribution in [1.82, 2.24) is 0 Å². The van der Waals surface area contributed by atoms with E-state index in [-0.39, 0.29) is 42.5 Å². The number of carbonyl (C=O) groups is 4. The third-order valence-corrected chi connectivity index (χ3v) is 7.43. The van der Waals surface area contributed by atoms with Gasteiger partial charge in [0.05, 0.1) is 23.4 Å². The van der Waals surface area contributed by atoms with Gasteiger partial charge in [0, 0.05) is 18.7 Å². The molecule has 7 heteroatoms. The Hall–Kier alpha value is -3.74. The fraction of sp³-hybridized carbons (Fsp3) is 0.379. The van der Waals surface area contributed by atoms with E-state index < -0.39 is 11.9 Å². The molecule has 2 fully saturated rings. The van der Waals surface area contributed by atoms with Gasteiger partial charge in [0.2, 0.25) is 17.7 Å². The molecule has 0 aromatic heterocycles. The summed E-state index contributed by atoms with van der Waals surface area (Å²) in [6.45, 7) is 8.00. The first-order valence-corrected chi connectivity index (χ1v) is 12.4. The van der Waals surface area contributed by atoms with E-state index in [2.05, 4.69) is 0 Å². The van der Waals surface area contributed by atoms with Crippen molar-refractivity contribution in [2.45, 2.75) is 47.0 Å². The van der Waals surface area contributed by atoms with Crippen LogP contribution in [0.5, 0.6) is 5.75 Å². The number of amides is 3. The van der Waals surface area contributed by atoms with Gasteiger partial charge in [-0.3, -0.25) is 19.2 Å². The van der Waals surface area contributed by atoms with Crippen LogP contribution in [0, 0.1) is 38.5 Å². The largest absolute Gasteiger partial charge is 0.426 e. The molecule has 2 saturated heterocycles. The second kappa shape index (κ2) is 9.04. The number of nitrogens with zero attached hydrogens (tertiary/aromatic N) is 2. The van der Waals surface area contributed by atoms with Crippen LogP contribution in [0.25, 0.3) is 0 Å². The van der Waals surface area contributed by atoms with Crippen molar-refractivity contribution in [3.8, 4) is 5.75 Å². The fourth-order valence-electron chi connectivity index (χ4n) is 5.64. The number of allylic oxidation sites excluding steroid dienone is 2.